The van der Waals surface area contributed by atoms with Crippen molar-refractivity contribution in [2.45, 2.75) is 20.1 Å². The van der Waals surface area contributed by atoms with Gasteiger partial charge < -0.3 is 10.5 Å². The maximum Gasteiger partial charge on any atom is 0.272 e. The average Bonchev–Trinajstić information content (AvgIpc) is 2.68. The fraction of sp³-hybridized carbons (Fsp3) is 0.150. The lowest BCUT2D eigenvalue weighted by Gasteiger charge is -2.14. The zero-order chi connectivity index (χ0) is 21.1. The molecule has 2 aromatic carbocycles. The Labute approximate surface area is 173 Å². The van der Waals surface area contributed by atoms with Crippen LogP contribution in [0, 0.1) is 18.6 Å². The molecule has 0 atom stereocenters. The Morgan fingerprint density at radius 2 is 1.90 bits per heavy atom. The molecule has 150 valence electrons. The minimum Gasteiger partial charge on any atom is -0.472 e. The lowest BCUT2D eigenvalue weighted by molar-refractivity contribution is 0.100. The second kappa shape index (κ2) is 8.52. The third-order valence-corrected chi connectivity index (χ3v) is 4.91. The van der Waals surface area contributed by atoms with E-state index in [0.29, 0.717) is 11.4 Å². The van der Waals surface area contributed by atoms with Gasteiger partial charge in [-0.2, -0.15) is 4.98 Å². The minimum atomic E-state index is -0.745. The summed E-state index contributed by atoms with van der Waals surface area (Å²) in [6.07, 6.45) is 0. The van der Waals surface area contributed by atoms with E-state index in [-0.39, 0.29) is 34.6 Å². The van der Waals surface area contributed by atoms with Crippen LogP contribution in [0.15, 0.2) is 51.7 Å². The van der Waals surface area contributed by atoms with Crippen molar-refractivity contribution < 1.29 is 18.3 Å². The standard InChI is InChI=1S/C20H16BrF2N3O3/c1-11-25-19(29-10-14-6-7-15(22)8-16(14)23)17(21)20(28)26(11)9-12-2-4-13(5-3-12)18(24)27/h2-8H,9-10H2,1H3,(H2,24,27). The first kappa shape index (κ1) is 20.7. The van der Waals surface area contributed by atoms with Gasteiger partial charge in [-0.05, 0) is 52.7 Å². The van der Waals surface area contributed by atoms with Crippen LogP contribution in [0.2, 0.25) is 0 Å². The number of carbonyl (C=O) groups is 1. The molecule has 2 N–H and O–H groups in total. The number of carbonyl (C=O) groups excluding carboxylic acids is 1. The molecule has 0 saturated carbocycles. The van der Waals surface area contributed by atoms with Crippen molar-refractivity contribution >= 4 is 21.8 Å². The van der Waals surface area contributed by atoms with Gasteiger partial charge in [-0.3, -0.25) is 14.2 Å². The molecule has 0 bridgehead atoms. The Morgan fingerprint density at radius 3 is 2.52 bits per heavy atom. The van der Waals surface area contributed by atoms with Gasteiger partial charge in [-0.15, -0.1) is 0 Å². The third kappa shape index (κ3) is 4.68. The normalized spacial score (nSPS) is 10.8. The lowest BCUT2D eigenvalue weighted by Crippen LogP contribution is -2.26. The molecule has 9 heteroatoms. The number of halogens is 3. The minimum absolute atomic E-state index is 0.0107. The summed E-state index contributed by atoms with van der Waals surface area (Å²) in [5, 5.41) is 0. The van der Waals surface area contributed by atoms with Gasteiger partial charge in [0.25, 0.3) is 5.56 Å². The number of primary amides is 1. The highest BCUT2D eigenvalue weighted by Crippen LogP contribution is 2.21. The molecule has 0 aliphatic carbocycles. The Bertz CT molecular complexity index is 1130. The monoisotopic (exact) mass is 463 g/mol. The molecule has 3 aromatic rings. The smallest absolute Gasteiger partial charge is 0.272 e. The van der Waals surface area contributed by atoms with E-state index in [1.165, 1.54) is 10.6 Å². The van der Waals surface area contributed by atoms with E-state index in [1.807, 2.05) is 0 Å². The van der Waals surface area contributed by atoms with E-state index in [1.54, 1.807) is 31.2 Å². The fourth-order valence-corrected chi connectivity index (χ4v) is 3.05. The first-order chi connectivity index (χ1) is 13.8. The van der Waals surface area contributed by atoms with Gasteiger partial charge in [0.15, 0.2) is 0 Å². The van der Waals surface area contributed by atoms with E-state index < -0.39 is 17.5 Å². The Balaban J connectivity index is 1.82. The average molecular weight is 464 g/mol. The van der Waals surface area contributed by atoms with Crippen LogP contribution in [0.3, 0.4) is 0 Å². The van der Waals surface area contributed by atoms with Crippen LogP contribution < -0.4 is 16.0 Å². The molecule has 29 heavy (non-hydrogen) atoms. The molecule has 1 heterocycles. The predicted octanol–water partition coefficient (Wildman–Crippen LogP) is 3.32. The fourth-order valence-electron chi connectivity index (χ4n) is 2.64. The van der Waals surface area contributed by atoms with Crippen LogP contribution in [-0.4, -0.2) is 15.5 Å². The van der Waals surface area contributed by atoms with Gasteiger partial charge in [0.2, 0.25) is 11.8 Å². The number of hydrogen-bond donors (Lipinski definition) is 1. The Hall–Kier alpha value is -3.07. The zero-order valence-corrected chi connectivity index (χ0v) is 16.9. The van der Waals surface area contributed by atoms with E-state index >= 15 is 0 Å². The summed E-state index contributed by atoms with van der Waals surface area (Å²) in [6, 6.07) is 9.70. The number of nitrogens with zero attached hydrogens (tertiary/aromatic N) is 2. The molecule has 6 nitrogen and oxygen atoms in total. The quantitative estimate of drug-likeness (QED) is 0.607. The summed E-state index contributed by atoms with van der Waals surface area (Å²) >= 11 is 3.18. The molecule has 0 saturated heterocycles. The highest BCUT2D eigenvalue weighted by atomic mass is 79.9. The summed E-state index contributed by atoms with van der Waals surface area (Å²) < 4.78 is 33.7. The number of hydrogen-bond acceptors (Lipinski definition) is 4. The van der Waals surface area contributed by atoms with Crippen molar-refractivity contribution in [1.82, 2.24) is 9.55 Å². The van der Waals surface area contributed by atoms with Crippen molar-refractivity contribution in [3.8, 4) is 5.88 Å². The van der Waals surface area contributed by atoms with Gasteiger partial charge in [0.1, 0.15) is 28.5 Å². The molecule has 1 aromatic heterocycles. The molecule has 1 amide bonds. The van der Waals surface area contributed by atoms with E-state index in [0.717, 1.165) is 17.7 Å². The van der Waals surface area contributed by atoms with Crippen LogP contribution in [0.1, 0.15) is 27.3 Å². The second-order valence-corrected chi connectivity index (χ2v) is 7.05. The third-order valence-electron chi connectivity index (χ3n) is 4.23. The number of benzene rings is 2. The number of rotatable bonds is 6. The molecule has 0 fully saturated rings. The van der Waals surface area contributed by atoms with Crippen LogP contribution in [-0.2, 0) is 13.2 Å². The second-order valence-electron chi connectivity index (χ2n) is 6.26. The maximum absolute atomic E-state index is 13.8. The zero-order valence-electron chi connectivity index (χ0n) is 15.3. The van der Waals surface area contributed by atoms with Gasteiger partial charge in [0, 0.05) is 17.2 Å². The van der Waals surface area contributed by atoms with Crippen molar-refractivity contribution in [1.29, 1.82) is 0 Å². The molecule has 3 rings (SSSR count). The summed E-state index contributed by atoms with van der Waals surface area (Å²) in [6.45, 7) is 1.65. The van der Waals surface area contributed by atoms with Gasteiger partial charge in [-0.1, -0.05) is 12.1 Å². The lowest BCUT2D eigenvalue weighted by atomic mass is 10.1. The van der Waals surface area contributed by atoms with E-state index in [2.05, 4.69) is 20.9 Å². The molecular weight excluding hydrogens is 448 g/mol. The summed E-state index contributed by atoms with van der Waals surface area (Å²) in [7, 11) is 0. The van der Waals surface area contributed by atoms with Gasteiger partial charge >= 0.3 is 0 Å². The van der Waals surface area contributed by atoms with E-state index in [9.17, 15) is 18.4 Å². The maximum atomic E-state index is 13.8. The van der Waals surface area contributed by atoms with E-state index in [4.69, 9.17) is 10.5 Å². The molecule has 0 radical (unpaired) electrons. The topological polar surface area (TPSA) is 87.2 Å². The van der Waals surface area contributed by atoms with Gasteiger partial charge in [-0.25, -0.2) is 8.78 Å². The Morgan fingerprint density at radius 1 is 1.21 bits per heavy atom. The van der Waals surface area contributed by atoms with Crippen LogP contribution >= 0.6 is 15.9 Å². The van der Waals surface area contributed by atoms with Crippen LogP contribution in [0.25, 0.3) is 0 Å². The predicted molar refractivity (Wildman–Crippen MR) is 106 cm³/mol. The SMILES string of the molecule is Cc1nc(OCc2ccc(F)cc2F)c(Br)c(=O)n1Cc1ccc(C(N)=O)cc1. The molecule has 0 aliphatic rings. The van der Waals surface area contributed by atoms with Crippen molar-refractivity contribution in [2.75, 3.05) is 0 Å². The number of amides is 1. The van der Waals surface area contributed by atoms with Crippen molar-refractivity contribution in [3.05, 3.63) is 91.4 Å². The van der Waals surface area contributed by atoms with Crippen molar-refractivity contribution in [3.63, 3.8) is 0 Å². The number of nitrogens with two attached hydrogens (primary N) is 1. The molecule has 0 spiro atoms. The largest absolute Gasteiger partial charge is 0.472 e. The molecular formula is C20H16BrF2N3O3. The van der Waals surface area contributed by atoms with Crippen LogP contribution in [0.5, 0.6) is 5.88 Å². The van der Waals surface area contributed by atoms with Crippen LogP contribution in [0.4, 0.5) is 8.78 Å². The highest BCUT2D eigenvalue weighted by molar-refractivity contribution is 9.10. The summed E-state index contributed by atoms with van der Waals surface area (Å²) in [5.74, 6) is -1.57. The number of aryl methyl sites for hydroxylation is 1. The highest BCUT2D eigenvalue weighted by Gasteiger charge is 2.15. The van der Waals surface area contributed by atoms with Gasteiger partial charge in [0.05, 0.1) is 6.54 Å². The summed E-state index contributed by atoms with van der Waals surface area (Å²) in [5.41, 5.74) is 6.12. The molecule has 0 unspecified atom stereocenters. The summed E-state index contributed by atoms with van der Waals surface area (Å²) in [4.78, 5) is 28.1. The Kier molecular flexibility index (Phi) is 6.07. The molecule has 0 aliphatic heterocycles. The van der Waals surface area contributed by atoms with Crippen molar-refractivity contribution in [2.24, 2.45) is 5.73 Å². The number of aromatic nitrogens is 2. The number of ether oxygens (including phenoxy) is 1. The first-order valence-corrected chi connectivity index (χ1v) is 9.28. The first-order valence-electron chi connectivity index (χ1n) is 8.48.